The summed E-state index contributed by atoms with van der Waals surface area (Å²) in [6, 6.07) is 16.0. The van der Waals surface area contributed by atoms with Crippen molar-refractivity contribution in [3.63, 3.8) is 0 Å². The molecular weight excluding hydrogens is 476 g/mol. The fourth-order valence-corrected chi connectivity index (χ4v) is 5.27. The minimum atomic E-state index is -0.951. The minimum Gasteiger partial charge on any atom is -0.493 e. The third-order valence-corrected chi connectivity index (χ3v) is 7.35. The van der Waals surface area contributed by atoms with E-state index in [2.05, 4.69) is 24.0 Å². The van der Waals surface area contributed by atoms with Gasteiger partial charge >= 0.3 is 5.97 Å². The zero-order valence-electron chi connectivity index (χ0n) is 19.7. The Hall–Kier alpha value is -4.22. The monoisotopic (exact) mass is 498 g/mol. The molecule has 0 bridgehead atoms. The van der Waals surface area contributed by atoms with Crippen molar-refractivity contribution in [2.75, 3.05) is 6.61 Å². The summed E-state index contributed by atoms with van der Waals surface area (Å²) in [5.74, 6) is -0.609. The van der Waals surface area contributed by atoms with Crippen LogP contribution in [0.5, 0.6) is 17.2 Å². The van der Waals surface area contributed by atoms with Gasteiger partial charge in [-0.1, -0.05) is 0 Å². The van der Waals surface area contributed by atoms with Crippen molar-refractivity contribution in [3.8, 4) is 23.3 Å². The molecule has 0 amide bonds. The summed E-state index contributed by atoms with van der Waals surface area (Å²) < 4.78 is 12.6. The molecule has 1 N–H and O–H groups in total. The highest BCUT2D eigenvalue weighted by Crippen LogP contribution is 2.39. The molecule has 1 aromatic heterocycles. The van der Waals surface area contributed by atoms with Crippen LogP contribution >= 0.6 is 11.3 Å². The number of aromatic nitrogens is 1. The van der Waals surface area contributed by atoms with E-state index in [1.54, 1.807) is 30.3 Å². The highest BCUT2D eigenvalue weighted by atomic mass is 32.1. The molecule has 5 rings (SSSR count). The molecule has 4 aromatic rings. The Balaban J connectivity index is 1.33. The van der Waals surface area contributed by atoms with Crippen LogP contribution in [0.15, 0.2) is 48.5 Å². The number of carbonyl (C=O) groups excluding carboxylic acids is 1. The number of hydrogen-bond acceptors (Lipinski definition) is 7. The third kappa shape index (κ3) is 4.53. The Morgan fingerprint density at radius 2 is 1.92 bits per heavy atom. The predicted molar refractivity (Wildman–Crippen MR) is 135 cm³/mol. The summed E-state index contributed by atoms with van der Waals surface area (Å²) >= 11 is 1.53. The number of hydrogen-bond donors (Lipinski definition) is 1. The molecule has 180 valence electrons. The SMILES string of the molecule is Cc1cc2nc(CC(=O)c3ccc(Oc4cc5c(cc4C#N)C(C(=O)O)CCO5)cc3)sc2cc1C. The zero-order valence-corrected chi connectivity index (χ0v) is 20.5. The molecule has 0 radical (unpaired) electrons. The van der Waals surface area contributed by atoms with E-state index in [1.807, 2.05) is 13.0 Å². The Labute approximate surface area is 211 Å². The van der Waals surface area contributed by atoms with Crippen LogP contribution < -0.4 is 9.47 Å². The molecule has 3 aromatic carbocycles. The molecule has 0 saturated carbocycles. The fraction of sp³-hybridized carbons (Fsp3) is 0.214. The maximum absolute atomic E-state index is 12.9. The summed E-state index contributed by atoms with van der Waals surface area (Å²) in [5.41, 5.74) is 4.50. The largest absolute Gasteiger partial charge is 0.493 e. The molecule has 1 atom stereocenters. The van der Waals surface area contributed by atoms with Crippen LogP contribution in [0.4, 0.5) is 0 Å². The number of benzene rings is 3. The van der Waals surface area contributed by atoms with E-state index >= 15 is 0 Å². The number of carboxylic acids is 1. The van der Waals surface area contributed by atoms with E-state index in [0.29, 0.717) is 29.0 Å². The summed E-state index contributed by atoms with van der Waals surface area (Å²) in [4.78, 5) is 29.0. The molecule has 2 heterocycles. The number of carbonyl (C=O) groups is 2. The van der Waals surface area contributed by atoms with Gasteiger partial charge in [0.15, 0.2) is 5.78 Å². The maximum Gasteiger partial charge on any atom is 0.311 e. The van der Waals surface area contributed by atoms with Crippen molar-refractivity contribution in [1.29, 1.82) is 5.26 Å². The smallest absolute Gasteiger partial charge is 0.311 e. The molecule has 1 aliphatic heterocycles. The van der Waals surface area contributed by atoms with Gasteiger partial charge in [0.1, 0.15) is 28.3 Å². The number of carboxylic acid groups (broad SMARTS) is 1. The first-order valence-electron chi connectivity index (χ1n) is 11.4. The van der Waals surface area contributed by atoms with Gasteiger partial charge in [-0.3, -0.25) is 9.59 Å². The van der Waals surface area contributed by atoms with E-state index in [4.69, 9.17) is 9.47 Å². The minimum absolute atomic E-state index is 0.0475. The number of Topliss-reactive ketones (excluding diaryl/α,β-unsaturated/α-hetero) is 1. The van der Waals surface area contributed by atoms with Crippen LogP contribution in [0.25, 0.3) is 10.2 Å². The van der Waals surface area contributed by atoms with Crippen LogP contribution in [-0.4, -0.2) is 28.4 Å². The summed E-state index contributed by atoms with van der Waals surface area (Å²) in [6.07, 6.45) is 0.558. The lowest BCUT2D eigenvalue weighted by Gasteiger charge is -2.24. The molecule has 1 aliphatic rings. The highest BCUT2D eigenvalue weighted by Gasteiger charge is 2.29. The van der Waals surface area contributed by atoms with Crippen LogP contribution in [0.3, 0.4) is 0 Å². The van der Waals surface area contributed by atoms with Crippen LogP contribution in [0.2, 0.25) is 0 Å². The van der Waals surface area contributed by atoms with Gasteiger partial charge in [0, 0.05) is 17.2 Å². The Morgan fingerprint density at radius 1 is 1.17 bits per heavy atom. The number of thiazole rings is 1. The predicted octanol–water partition coefficient (Wildman–Crippen LogP) is 5.95. The molecule has 0 saturated heterocycles. The maximum atomic E-state index is 12.9. The van der Waals surface area contributed by atoms with Crippen molar-refractivity contribution < 1.29 is 24.2 Å². The van der Waals surface area contributed by atoms with E-state index < -0.39 is 11.9 Å². The highest BCUT2D eigenvalue weighted by molar-refractivity contribution is 7.18. The first-order valence-corrected chi connectivity index (χ1v) is 12.3. The lowest BCUT2D eigenvalue weighted by Crippen LogP contribution is -2.21. The van der Waals surface area contributed by atoms with E-state index in [-0.39, 0.29) is 30.1 Å². The van der Waals surface area contributed by atoms with Gasteiger partial charge in [-0.05, 0) is 73.9 Å². The normalized spacial score (nSPS) is 14.5. The van der Waals surface area contributed by atoms with Crippen LogP contribution in [0, 0.1) is 25.2 Å². The lowest BCUT2D eigenvalue weighted by atomic mass is 9.91. The number of fused-ring (bicyclic) bond motifs is 2. The Bertz CT molecular complexity index is 1510. The molecule has 0 aliphatic carbocycles. The average Bonchev–Trinajstić information content (AvgIpc) is 3.24. The number of ether oxygens (including phenoxy) is 2. The van der Waals surface area contributed by atoms with Gasteiger partial charge in [-0.15, -0.1) is 11.3 Å². The molecule has 0 spiro atoms. The number of rotatable bonds is 6. The fourth-order valence-electron chi connectivity index (χ4n) is 4.22. The van der Waals surface area contributed by atoms with E-state index in [1.165, 1.54) is 28.5 Å². The molecule has 7 nitrogen and oxygen atoms in total. The summed E-state index contributed by atoms with van der Waals surface area (Å²) in [6.45, 7) is 4.39. The van der Waals surface area contributed by atoms with Gasteiger partial charge in [-0.25, -0.2) is 4.98 Å². The van der Waals surface area contributed by atoms with Gasteiger partial charge in [0.2, 0.25) is 0 Å². The van der Waals surface area contributed by atoms with Gasteiger partial charge in [0.05, 0.1) is 34.7 Å². The molecule has 0 fully saturated rings. The number of nitriles is 1. The second kappa shape index (κ2) is 9.44. The van der Waals surface area contributed by atoms with E-state index in [9.17, 15) is 20.0 Å². The van der Waals surface area contributed by atoms with Crippen molar-refractivity contribution >= 4 is 33.3 Å². The average molecular weight is 499 g/mol. The number of nitrogens with zero attached hydrogens (tertiary/aromatic N) is 2. The van der Waals surface area contributed by atoms with Crippen LogP contribution in [0.1, 0.15) is 50.0 Å². The number of aryl methyl sites for hydroxylation is 2. The second-order valence-corrected chi connectivity index (χ2v) is 9.88. The Morgan fingerprint density at radius 3 is 2.64 bits per heavy atom. The first-order chi connectivity index (χ1) is 17.3. The second-order valence-electron chi connectivity index (χ2n) is 8.76. The van der Waals surface area contributed by atoms with Crippen molar-refractivity contribution in [2.24, 2.45) is 0 Å². The lowest BCUT2D eigenvalue weighted by molar-refractivity contribution is -0.139. The van der Waals surface area contributed by atoms with Gasteiger partial charge in [0.25, 0.3) is 0 Å². The quantitative estimate of drug-likeness (QED) is 0.327. The molecule has 8 heteroatoms. The molecule has 36 heavy (non-hydrogen) atoms. The van der Waals surface area contributed by atoms with Crippen LogP contribution in [-0.2, 0) is 11.2 Å². The van der Waals surface area contributed by atoms with Crippen molar-refractivity contribution in [1.82, 2.24) is 4.98 Å². The number of aliphatic carboxylic acids is 1. The van der Waals surface area contributed by atoms with Gasteiger partial charge in [-0.2, -0.15) is 5.26 Å². The van der Waals surface area contributed by atoms with Gasteiger partial charge < -0.3 is 14.6 Å². The van der Waals surface area contributed by atoms with E-state index in [0.717, 1.165) is 15.2 Å². The standard InChI is InChI=1S/C28H22N2O5S/c1-15-9-22-26(10-16(15)2)36-27(30-22)12-23(31)17-3-5-19(6-4-17)35-24-13-25-21(11-18(24)14-29)20(28(32)33)7-8-34-25/h3-6,9-11,13,20H,7-8,12H2,1-2H3,(H,32,33). The molecule has 1 unspecified atom stereocenters. The van der Waals surface area contributed by atoms with Crippen molar-refractivity contribution in [3.05, 3.63) is 81.4 Å². The zero-order chi connectivity index (χ0) is 25.4. The molecular formula is C28H22N2O5S. The topological polar surface area (TPSA) is 110 Å². The summed E-state index contributed by atoms with van der Waals surface area (Å²) in [7, 11) is 0. The number of ketones is 1. The van der Waals surface area contributed by atoms with Crippen molar-refractivity contribution in [2.45, 2.75) is 32.6 Å². The third-order valence-electron chi connectivity index (χ3n) is 6.33. The first kappa shape index (κ1) is 23.5. The summed E-state index contributed by atoms with van der Waals surface area (Å²) in [5, 5.41) is 19.8. The Kier molecular flexibility index (Phi) is 6.17.